The normalized spacial score (nSPS) is 11.5. The van der Waals surface area contributed by atoms with Gasteiger partial charge in [0.25, 0.3) is 5.91 Å². The number of hydrogen-bond donors (Lipinski definition) is 1. The van der Waals surface area contributed by atoms with Crippen LogP contribution in [0, 0.1) is 0 Å². The predicted molar refractivity (Wildman–Crippen MR) is 116 cm³/mol. The lowest BCUT2D eigenvalue weighted by molar-refractivity contribution is -0.159. The molecule has 1 aromatic carbocycles. The van der Waals surface area contributed by atoms with Crippen LogP contribution < -0.4 is 10.2 Å². The summed E-state index contributed by atoms with van der Waals surface area (Å²) in [4.78, 5) is 23.2. The van der Waals surface area contributed by atoms with Crippen molar-refractivity contribution in [2.24, 2.45) is 0 Å². The lowest BCUT2D eigenvalue weighted by Crippen LogP contribution is -2.32. The molecule has 0 saturated heterocycles. The van der Waals surface area contributed by atoms with Gasteiger partial charge in [0.2, 0.25) is 5.82 Å². The molecule has 1 N–H and O–H groups in total. The van der Waals surface area contributed by atoms with E-state index in [4.69, 9.17) is 0 Å². The zero-order valence-electron chi connectivity index (χ0n) is 16.6. The molecule has 0 aliphatic carbocycles. The molecule has 0 aliphatic rings. The fourth-order valence-electron chi connectivity index (χ4n) is 2.80. The van der Waals surface area contributed by atoms with E-state index in [0.717, 1.165) is 14.9 Å². The molecule has 0 atom stereocenters. The molecule has 1 amide bonds. The van der Waals surface area contributed by atoms with Crippen LogP contribution >= 0.6 is 22.7 Å². The Balaban J connectivity index is 1.34. The average molecular weight is 480 g/mol. The Kier molecular flexibility index (Phi) is 6.24. The van der Waals surface area contributed by atoms with Crippen molar-refractivity contribution in [1.82, 2.24) is 20.4 Å². The van der Waals surface area contributed by atoms with Crippen LogP contribution in [0.5, 0.6) is 0 Å². The predicted octanol–water partition coefficient (Wildman–Crippen LogP) is 4.81. The van der Waals surface area contributed by atoms with E-state index in [1.807, 2.05) is 29.5 Å². The molecule has 12 heteroatoms. The SMILES string of the molecule is CN(CCNC(=O)c1cccc(-c2noc(C(F)(F)F)n2)c1)c1ccc(-c2nccs2)s1. The van der Waals surface area contributed by atoms with Crippen molar-refractivity contribution in [3.05, 3.63) is 59.4 Å². The number of thiophene rings is 1. The number of nitrogens with zero attached hydrogens (tertiary/aromatic N) is 4. The van der Waals surface area contributed by atoms with Gasteiger partial charge in [-0.3, -0.25) is 4.79 Å². The van der Waals surface area contributed by atoms with E-state index in [0.29, 0.717) is 13.1 Å². The molecule has 166 valence electrons. The summed E-state index contributed by atoms with van der Waals surface area (Å²) in [5.41, 5.74) is 0.535. The monoisotopic (exact) mass is 479 g/mol. The first-order valence-corrected chi connectivity index (χ1v) is 11.0. The van der Waals surface area contributed by atoms with Gasteiger partial charge in [0.1, 0.15) is 5.01 Å². The number of halogens is 3. The van der Waals surface area contributed by atoms with Gasteiger partial charge in [-0.2, -0.15) is 18.2 Å². The van der Waals surface area contributed by atoms with E-state index in [-0.39, 0.29) is 22.9 Å². The van der Waals surface area contributed by atoms with Crippen LogP contribution in [0.4, 0.5) is 18.2 Å². The van der Waals surface area contributed by atoms with Crippen molar-refractivity contribution in [2.75, 3.05) is 25.0 Å². The van der Waals surface area contributed by atoms with Gasteiger partial charge in [0.15, 0.2) is 0 Å². The molecule has 4 rings (SSSR count). The van der Waals surface area contributed by atoms with Gasteiger partial charge < -0.3 is 14.7 Å². The number of rotatable bonds is 7. The molecule has 0 saturated carbocycles. The Labute approximate surface area is 188 Å². The molecule has 3 heterocycles. The van der Waals surface area contributed by atoms with Crippen LogP contribution in [0.3, 0.4) is 0 Å². The number of thiazole rings is 1. The third-order valence-electron chi connectivity index (χ3n) is 4.40. The number of amides is 1. The number of aromatic nitrogens is 3. The van der Waals surface area contributed by atoms with Crippen LogP contribution in [-0.4, -0.2) is 41.2 Å². The van der Waals surface area contributed by atoms with E-state index < -0.39 is 12.1 Å². The molecule has 0 fully saturated rings. The average Bonchev–Trinajstić information content (AvgIpc) is 3.54. The molecule has 0 spiro atoms. The summed E-state index contributed by atoms with van der Waals surface area (Å²) < 4.78 is 42.2. The highest BCUT2D eigenvalue weighted by Gasteiger charge is 2.38. The first kappa shape index (κ1) is 22.0. The summed E-state index contributed by atoms with van der Waals surface area (Å²) in [5.74, 6) is -2.02. The molecule has 4 aromatic rings. The zero-order valence-corrected chi connectivity index (χ0v) is 18.2. The first-order chi connectivity index (χ1) is 15.3. The number of hydrogen-bond acceptors (Lipinski definition) is 8. The van der Waals surface area contributed by atoms with Crippen LogP contribution in [0.15, 0.2) is 52.5 Å². The number of carbonyl (C=O) groups is 1. The number of nitrogens with one attached hydrogen (secondary N) is 1. The maximum Gasteiger partial charge on any atom is 0.471 e. The minimum Gasteiger partial charge on any atom is -0.365 e. The number of carbonyl (C=O) groups excluding carboxylic acids is 1. The molecular formula is C20H16F3N5O2S2. The Morgan fingerprint density at radius 1 is 1.25 bits per heavy atom. The number of benzene rings is 1. The first-order valence-electron chi connectivity index (χ1n) is 9.31. The smallest absolute Gasteiger partial charge is 0.365 e. The molecule has 0 bridgehead atoms. The fourth-order valence-corrected chi connectivity index (χ4v) is 4.51. The van der Waals surface area contributed by atoms with Gasteiger partial charge in [-0.25, -0.2) is 4.98 Å². The Morgan fingerprint density at radius 3 is 2.81 bits per heavy atom. The highest BCUT2D eigenvalue weighted by molar-refractivity contribution is 7.23. The minimum absolute atomic E-state index is 0.236. The van der Waals surface area contributed by atoms with Crippen LogP contribution in [-0.2, 0) is 6.18 Å². The van der Waals surface area contributed by atoms with Crippen LogP contribution in [0.1, 0.15) is 16.2 Å². The minimum atomic E-state index is -4.73. The summed E-state index contributed by atoms with van der Waals surface area (Å²) in [7, 11) is 1.93. The highest BCUT2D eigenvalue weighted by Crippen LogP contribution is 2.34. The second kappa shape index (κ2) is 9.09. The second-order valence-corrected chi connectivity index (χ2v) is 8.61. The van der Waals surface area contributed by atoms with Gasteiger partial charge in [0, 0.05) is 42.8 Å². The van der Waals surface area contributed by atoms with Gasteiger partial charge in [-0.05, 0) is 24.3 Å². The summed E-state index contributed by atoms with van der Waals surface area (Å²) in [5, 5.41) is 10.1. The molecular weight excluding hydrogens is 463 g/mol. The Morgan fingerprint density at radius 2 is 2.09 bits per heavy atom. The maximum absolute atomic E-state index is 12.7. The maximum atomic E-state index is 12.7. The lowest BCUT2D eigenvalue weighted by Gasteiger charge is -2.17. The van der Waals surface area contributed by atoms with E-state index in [1.165, 1.54) is 12.1 Å². The lowest BCUT2D eigenvalue weighted by atomic mass is 10.1. The zero-order chi connectivity index (χ0) is 22.7. The number of likely N-dealkylation sites (N-methyl/N-ethyl adjacent to an activating group) is 1. The largest absolute Gasteiger partial charge is 0.471 e. The van der Waals surface area contributed by atoms with Crippen molar-refractivity contribution in [3.63, 3.8) is 0 Å². The molecule has 7 nitrogen and oxygen atoms in total. The van der Waals surface area contributed by atoms with E-state index in [9.17, 15) is 18.0 Å². The van der Waals surface area contributed by atoms with Gasteiger partial charge >= 0.3 is 12.1 Å². The van der Waals surface area contributed by atoms with Crippen molar-refractivity contribution in [3.8, 4) is 21.3 Å². The quantitative estimate of drug-likeness (QED) is 0.410. The summed E-state index contributed by atoms with van der Waals surface area (Å²) in [6.45, 7) is 0.952. The van der Waals surface area contributed by atoms with Crippen molar-refractivity contribution < 1.29 is 22.5 Å². The Hall–Kier alpha value is -3.25. The Bertz CT molecular complexity index is 1200. The van der Waals surface area contributed by atoms with E-state index >= 15 is 0 Å². The molecule has 32 heavy (non-hydrogen) atoms. The van der Waals surface area contributed by atoms with E-state index in [1.54, 1.807) is 41.0 Å². The van der Waals surface area contributed by atoms with Gasteiger partial charge in [-0.15, -0.1) is 22.7 Å². The third kappa shape index (κ3) is 4.97. The third-order valence-corrected chi connectivity index (χ3v) is 6.54. The van der Waals surface area contributed by atoms with Crippen molar-refractivity contribution in [1.29, 1.82) is 0 Å². The standard InChI is InChI=1S/C20H16F3N5O2S2/c1-28(15-6-5-14(32-15)18-25-8-10-31-18)9-7-24-17(29)13-4-2-3-12(11-13)16-26-19(30-27-16)20(21,22)23/h2-6,8,10-11H,7,9H2,1H3,(H,24,29). The molecule has 0 unspecified atom stereocenters. The van der Waals surface area contributed by atoms with Crippen molar-refractivity contribution in [2.45, 2.75) is 6.18 Å². The van der Waals surface area contributed by atoms with Crippen LogP contribution in [0.25, 0.3) is 21.3 Å². The van der Waals surface area contributed by atoms with Crippen molar-refractivity contribution >= 4 is 33.6 Å². The summed E-state index contributed by atoms with van der Waals surface area (Å²) in [6, 6.07) is 10.1. The van der Waals surface area contributed by atoms with E-state index in [2.05, 4.69) is 25.0 Å². The number of anilines is 1. The molecule has 0 aliphatic heterocycles. The summed E-state index contributed by atoms with van der Waals surface area (Å²) in [6.07, 6.45) is -2.96. The topological polar surface area (TPSA) is 84.2 Å². The van der Waals surface area contributed by atoms with Gasteiger partial charge in [-0.1, -0.05) is 17.3 Å². The molecule has 3 aromatic heterocycles. The summed E-state index contributed by atoms with van der Waals surface area (Å²) >= 11 is 3.19. The fraction of sp³-hybridized carbons (Fsp3) is 0.200. The number of alkyl halides is 3. The highest BCUT2D eigenvalue weighted by atomic mass is 32.1. The van der Waals surface area contributed by atoms with Gasteiger partial charge in [0.05, 0.1) is 9.88 Å². The molecule has 0 radical (unpaired) electrons. The second-order valence-electron chi connectivity index (χ2n) is 6.65. The van der Waals surface area contributed by atoms with Crippen LogP contribution in [0.2, 0.25) is 0 Å².